The molecule has 9 heteroatoms. The SMILES string of the molecule is COc1cc(/C=C2\C(=O)NC(=O)N(c3ccccc3Cl)C2=O)cc(Cl)c1Cc1ccccc1Br. The average molecular weight is 560 g/mol. The molecule has 1 N–H and O–H groups in total. The van der Waals surface area contributed by atoms with Gasteiger partial charge in [-0.1, -0.05) is 69.5 Å². The smallest absolute Gasteiger partial charge is 0.335 e. The molecular weight excluding hydrogens is 543 g/mol. The van der Waals surface area contributed by atoms with E-state index < -0.39 is 17.8 Å². The fraction of sp³-hybridized carbons (Fsp3) is 0.0800. The van der Waals surface area contributed by atoms with Gasteiger partial charge >= 0.3 is 6.03 Å². The standard InChI is InChI=1S/C25H17BrCl2N2O4/c1-34-22-12-14(11-20(28)16(22)13-15-6-2-3-7-18(15)26)10-17-23(31)29-25(33)30(24(17)32)21-9-5-4-8-19(21)27/h2-12H,13H2,1H3,(H,29,31,33)/b17-10+. The molecule has 172 valence electrons. The molecule has 0 atom stereocenters. The maximum absolute atomic E-state index is 13.1. The Morgan fingerprint density at radius 2 is 1.71 bits per heavy atom. The predicted octanol–water partition coefficient (Wildman–Crippen LogP) is 6.02. The summed E-state index contributed by atoms with van der Waals surface area (Å²) >= 11 is 16.3. The van der Waals surface area contributed by atoms with Gasteiger partial charge in [0.05, 0.1) is 17.8 Å². The number of barbiturate groups is 1. The number of benzene rings is 3. The highest BCUT2D eigenvalue weighted by Gasteiger charge is 2.37. The van der Waals surface area contributed by atoms with Crippen molar-refractivity contribution >= 4 is 68.7 Å². The van der Waals surface area contributed by atoms with Crippen LogP contribution in [0.5, 0.6) is 5.75 Å². The number of ether oxygens (including phenoxy) is 1. The monoisotopic (exact) mass is 558 g/mol. The number of imide groups is 2. The Balaban J connectivity index is 1.73. The summed E-state index contributed by atoms with van der Waals surface area (Å²) in [6.45, 7) is 0. The van der Waals surface area contributed by atoms with E-state index in [1.165, 1.54) is 19.3 Å². The number of rotatable bonds is 5. The Bertz CT molecular complexity index is 1360. The van der Waals surface area contributed by atoms with Gasteiger partial charge in [-0.25, -0.2) is 9.69 Å². The van der Waals surface area contributed by atoms with E-state index in [4.69, 9.17) is 27.9 Å². The van der Waals surface area contributed by atoms with Crippen LogP contribution < -0.4 is 15.0 Å². The van der Waals surface area contributed by atoms with Gasteiger partial charge in [0, 0.05) is 21.5 Å². The van der Waals surface area contributed by atoms with Crippen LogP contribution in [0.3, 0.4) is 0 Å². The zero-order chi connectivity index (χ0) is 24.4. The third-order valence-corrected chi connectivity index (χ3v) is 6.66. The quantitative estimate of drug-likeness (QED) is 0.306. The minimum absolute atomic E-state index is 0.171. The van der Waals surface area contributed by atoms with E-state index in [2.05, 4.69) is 21.2 Å². The number of methoxy groups -OCH3 is 1. The highest BCUT2D eigenvalue weighted by molar-refractivity contribution is 9.10. The lowest BCUT2D eigenvalue weighted by Crippen LogP contribution is -2.54. The van der Waals surface area contributed by atoms with Gasteiger partial charge in [-0.2, -0.15) is 0 Å². The molecular formula is C25H17BrCl2N2O4. The minimum atomic E-state index is -0.875. The van der Waals surface area contributed by atoms with Crippen molar-refractivity contribution in [2.45, 2.75) is 6.42 Å². The first kappa shape index (κ1) is 24.0. The number of nitrogens with one attached hydrogen (secondary N) is 1. The van der Waals surface area contributed by atoms with Crippen LogP contribution in [-0.4, -0.2) is 25.0 Å². The molecule has 4 amide bonds. The first-order chi connectivity index (χ1) is 16.3. The second-order valence-corrected chi connectivity index (χ2v) is 9.03. The number of amides is 4. The number of carbonyl (C=O) groups excluding carboxylic acids is 3. The number of halogens is 3. The molecule has 3 aromatic rings. The fourth-order valence-corrected chi connectivity index (χ4v) is 4.51. The number of para-hydroxylation sites is 1. The van der Waals surface area contributed by atoms with Crippen LogP contribution in [0.2, 0.25) is 10.0 Å². The van der Waals surface area contributed by atoms with Crippen LogP contribution in [0.25, 0.3) is 6.08 Å². The van der Waals surface area contributed by atoms with Crippen LogP contribution >= 0.6 is 39.1 Å². The number of nitrogens with zero attached hydrogens (tertiary/aromatic N) is 1. The molecule has 3 aromatic carbocycles. The molecule has 1 fully saturated rings. The van der Waals surface area contributed by atoms with Crippen molar-refractivity contribution in [2.24, 2.45) is 0 Å². The van der Waals surface area contributed by atoms with Crippen molar-refractivity contribution in [3.8, 4) is 5.75 Å². The van der Waals surface area contributed by atoms with Crippen molar-refractivity contribution < 1.29 is 19.1 Å². The zero-order valence-corrected chi connectivity index (χ0v) is 20.9. The molecule has 6 nitrogen and oxygen atoms in total. The van der Waals surface area contributed by atoms with Crippen LogP contribution in [0.1, 0.15) is 16.7 Å². The summed E-state index contributed by atoms with van der Waals surface area (Å²) < 4.78 is 6.49. The van der Waals surface area contributed by atoms with Gasteiger partial charge in [0.1, 0.15) is 11.3 Å². The third kappa shape index (κ3) is 4.73. The minimum Gasteiger partial charge on any atom is -0.496 e. The highest BCUT2D eigenvalue weighted by Crippen LogP contribution is 2.34. The summed E-state index contributed by atoms with van der Waals surface area (Å²) in [4.78, 5) is 38.9. The van der Waals surface area contributed by atoms with Gasteiger partial charge in [-0.15, -0.1) is 0 Å². The van der Waals surface area contributed by atoms with Gasteiger partial charge < -0.3 is 4.74 Å². The lowest BCUT2D eigenvalue weighted by Gasteiger charge is -2.27. The molecule has 0 bridgehead atoms. The molecule has 34 heavy (non-hydrogen) atoms. The topological polar surface area (TPSA) is 75.7 Å². The maximum Gasteiger partial charge on any atom is 0.335 e. The van der Waals surface area contributed by atoms with E-state index in [-0.39, 0.29) is 16.3 Å². The summed E-state index contributed by atoms with van der Waals surface area (Å²) in [5.74, 6) is -1.11. The summed E-state index contributed by atoms with van der Waals surface area (Å²) in [7, 11) is 1.52. The number of hydrogen-bond acceptors (Lipinski definition) is 4. The number of anilines is 1. The Labute approximate surface area is 214 Å². The van der Waals surface area contributed by atoms with Crippen molar-refractivity contribution in [1.82, 2.24) is 5.32 Å². The number of urea groups is 1. The average Bonchev–Trinajstić information content (AvgIpc) is 2.80. The molecule has 0 aliphatic carbocycles. The molecule has 1 aliphatic heterocycles. The Morgan fingerprint density at radius 1 is 1.00 bits per heavy atom. The Hall–Kier alpha value is -3.13. The lowest BCUT2D eigenvalue weighted by atomic mass is 10.0. The van der Waals surface area contributed by atoms with E-state index in [9.17, 15) is 14.4 Å². The molecule has 1 saturated heterocycles. The van der Waals surface area contributed by atoms with E-state index in [0.717, 1.165) is 20.5 Å². The van der Waals surface area contributed by atoms with E-state index in [1.807, 2.05) is 24.3 Å². The second-order valence-electron chi connectivity index (χ2n) is 7.36. The first-order valence-electron chi connectivity index (χ1n) is 10.1. The molecule has 1 heterocycles. The number of hydrogen-bond donors (Lipinski definition) is 1. The van der Waals surface area contributed by atoms with E-state index >= 15 is 0 Å². The fourth-order valence-electron chi connectivity index (χ4n) is 3.58. The van der Waals surface area contributed by atoms with Crippen LogP contribution in [-0.2, 0) is 16.0 Å². The summed E-state index contributed by atoms with van der Waals surface area (Å²) in [5.41, 5.74) is 2.17. The molecule has 0 aromatic heterocycles. The molecule has 0 radical (unpaired) electrons. The largest absolute Gasteiger partial charge is 0.496 e. The van der Waals surface area contributed by atoms with Gasteiger partial charge in [0.2, 0.25) is 0 Å². The Kier molecular flexibility index (Phi) is 7.07. The second kappa shape index (κ2) is 10.0. The molecule has 4 rings (SSSR count). The van der Waals surface area contributed by atoms with E-state index in [0.29, 0.717) is 22.8 Å². The third-order valence-electron chi connectivity index (χ3n) is 5.23. The van der Waals surface area contributed by atoms with Crippen LogP contribution in [0, 0.1) is 0 Å². The number of carbonyl (C=O) groups is 3. The highest BCUT2D eigenvalue weighted by atomic mass is 79.9. The maximum atomic E-state index is 13.1. The van der Waals surface area contributed by atoms with Crippen molar-refractivity contribution in [3.05, 3.63) is 97.4 Å². The predicted molar refractivity (Wildman–Crippen MR) is 135 cm³/mol. The summed E-state index contributed by atoms with van der Waals surface area (Å²) in [6, 6.07) is 16.6. The Morgan fingerprint density at radius 3 is 2.41 bits per heavy atom. The van der Waals surface area contributed by atoms with Crippen molar-refractivity contribution in [2.75, 3.05) is 12.0 Å². The van der Waals surface area contributed by atoms with Crippen molar-refractivity contribution in [1.29, 1.82) is 0 Å². The first-order valence-corrected chi connectivity index (χ1v) is 11.6. The van der Waals surface area contributed by atoms with Gasteiger partial charge in [0.25, 0.3) is 11.8 Å². The lowest BCUT2D eigenvalue weighted by molar-refractivity contribution is -0.122. The van der Waals surface area contributed by atoms with Gasteiger partial charge in [-0.05, 0) is 47.5 Å². The molecule has 0 unspecified atom stereocenters. The molecule has 0 saturated carbocycles. The normalized spacial score (nSPS) is 15.0. The molecule has 1 aliphatic rings. The molecule has 0 spiro atoms. The van der Waals surface area contributed by atoms with Crippen LogP contribution in [0.15, 0.2) is 70.7 Å². The van der Waals surface area contributed by atoms with Gasteiger partial charge in [0.15, 0.2) is 0 Å². The summed E-state index contributed by atoms with van der Waals surface area (Å²) in [5, 5.41) is 2.78. The van der Waals surface area contributed by atoms with E-state index in [1.54, 1.807) is 30.3 Å². The van der Waals surface area contributed by atoms with Gasteiger partial charge in [-0.3, -0.25) is 14.9 Å². The summed E-state index contributed by atoms with van der Waals surface area (Å²) in [6.07, 6.45) is 1.87. The van der Waals surface area contributed by atoms with Crippen LogP contribution in [0.4, 0.5) is 10.5 Å². The van der Waals surface area contributed by atoms with Crippen molar-refractivity contribution in [3.63, 3.8) is 0 Å². The zero-order valence-electron chi connectivity index (χ0n) is 17.8.